The minimum atomic E-state index is -0.604. The fraction of sp³-hybridized carbons (Fsp3) is 0.833. The van der Waals surface area contributed by atoms with Crippen LogP contribution in [0.1, 0.15) is 85.5 Å². The molecular weight excluding hydrogens is 368 g/mol. The first-order valence-corrected chi connectivity index (χ1v) is 11.6. The number of fused-ring (bicyclic) bond motifs is 1. The minimum Gasteiger partial charge on any atom is -0.462 e. The van der Waals surface area contributed by atoms with Gasteiger partial charge in [0.1, 0.15) is 11.7 Å². The largest absolute Gasteiger partial charge is 0.462 e. The van der Waals surface area contributed by atoms with Crippen molar-refractivity contribution in [3.05, 3.63) is 11.6 Å². The highest BCUT2D eigenvalue weighted by Crippen LogP contribution is 2.52. The summed E-state index contributed by atoms with van der Waals surface area (Å²) in [5.41, 5.74) is 0.791. The van der Waals surface area contributed by atoms with Gasteiger partial charge in [0.2, 0.25) is 0 Å². The summed E-state index contributed by atoms with van der Waals surface area (Å²) in [5.74, 6) is 0.679. The maximum absolute atomic E-state index is 12.9. The van der Waals surface area contributed by atoms with Crippen LogP contribution in [0.4, 0.5) is 0 Å². The molecule has 164 valence electrons. The zero-order valence-corrected chi connectivity index (χ0v) is 18.5. The van der Waals surface area contributed by atoms with Crippen molar-refractivity contribution in [2.45, 2.75) is 103 Å². The van der Waals surface area contributed by atoms with Crippen LogP contribution < -0.4 is 0 Å². The molecule has 5 nitrogen and oxygen atoms in total. The van der Waals surface area contributed by atoms with Gasteiger partial charge in [-0.3, -0.25) is 9.59 Å². The molecule has 3 aliphatic rings. The van der Waals surface area contributed by atoms with Gasteiger partial charge in [-0.05, 0) is 62.4 Å². The number of carbonyl (C=O) groups excluding carboxylic acids is 2. The van der Waals surface area contributed by atoms with E-state index in [1.165, 1.54) is 5.57 Å². The molecule has 0 aromatic carbocycles. The summed E-state index contributed by atoms with van der Waals surface area (Å²) in [5, 5.41) is 9.93. The van der Waals surface area contributed by atoms with E-state index in [-0.39, 0.29) is 36.3 Å². The molecule has 5 heteroatoms. The van der Waals surface area contributed by atoms with Crippen LogP contribution in [0.25, 0.3) is 0 Å². The van der Waals surface area contributed by atoms with Crippen LogP contribution in [0.2, 0.25) is 0 Å². The van der Waals surface area contributed by atoms with E-state index in [1.807, 2.05) is 13.8 Å². The van der Waals surface area contributed by atoms with Crippen molar-refractivity contribution in [3.8, 4) is 0 Å². The third-order valence-electron chi connectivity index (χ3n) is 7.49. The predicted octanol–water partition coefficient (Wildman–Crippen LogP) is 4.56. The maximum atomic E-state index is 12.9. The number of allylic oxidation sites excluding steroid dienone is 1. The summed E-state index contributed by atoms with van der Waals surface area (Å²) in [6.07, 6.45) is 8.43. The number of hydrogen-bond donors (Lipinski definition) is 1. The number of esters is 2. The van der Waals surface area contributed by atoms with Crippen molar-refractivity contribution in [2.24, 2.45) is 23.7 Å². The lowest BCUT2D eigenvalue weighted by Crippen LogP contribution is -2.52. The van der Waals surface area contributed by atoms with Crippen molar-refractivity contribution in [1.82, 2.24) is 0 Å². The Morgan fingerprint density at radius 2 is 2.10 bits per heavy atom. The van der Waals surface area contributed by atoms with Gasteiger partial charge in [0, 0.05) is 12.3 Å². The van der Waals surface area contributed by atoms with Gasteiger partial charge in [-0.1, -0.05) is 33.8 Å². The van der Waals surface area contributed by atoms with Gasteiger partial charge in [-0.25, -0.2) is 0 Å². The molecule has 2 fully saturated rings. The summed E-state index contributed by atoms with van der Waals surface area (Å²) >= 11 is 0. The van der Waals surface area contributed by atoms with Gasteiger partial charge in [0.05, 0.1) is 18.4 Å². The Bertz CT molecular complexity index is 641. The Balaban J connectivity index is 1.82. The van der Waals surface area contributed by atoms with E-state index >= 15 is 0 Å². The summed E-state index contributed by atoms with van der Waals surface area (Å²) in [6.45, 7) is 8.47. The lowest BCUT2D eigenvalue weighted by molar-refractivity contribution is -0.174. The van der Waals surface area contributed by atoms with Gasteiger partial charge in [0.15, 0.2) is 0 Å². The molecule has 29 heavy (non-hydrogen) atoms. The Labute approximate surface area is 175 Å². The van der Waals surface area contributed by atoms with Crippen LogP contribution in [0, 0.1) is 23.7 Å². The molecule has 1 saturated carbocycles. The van der Waals surface area contributed by atoms with Crippen molar-refractivity contribution in [1.29, 1.82) is 0 Å². The second-order valence-electron chi connectivity index (χ2n) is 9.73. The third kappa shape index (κ3) is 4.87. The molecule has 0 amide bonds. The molecule has 1 N–H and O–H groups in total. The van der Waals surface area contributed by atoms with Crippen LogP contribution in [-0.2, 0) is 19.1 Å². The highest BCUT2D eigenvalue weighted by molar-refractivity contribution is 5.73. The quantitative estimate of drug-likeness (QED) is 0.517. The lowest BCUT2D eigenvalue weighted by atomic mass is 9.60. The van der Waals surface area contributed by atoms with Gasteiger partial charge in [0.25, 0.3) is 0 Å². The zero-order chi connectivity index (χ0) is 21.2. The molecule has 3 unspecified atom stereocenters. The summed E-state index contributed by atoms with van der Waals surface area (Å²) in [4.78, 5) is 24.6. The van der Waals surface area contributed by atoms with Crippen LogP contribution in [0.5, 0.6) is 0 Å². The number of ether oxygens (including phenoxy) is 2. The van der Waals surface area contributed by atoms with Crippen LogP contribution >= 0.6 is 0 Å². The number of aliphatic hydroxyl groups excluding tert-OH is 1. The normalized spacial score (nSPS) is 38.4. The van der Waals surface area contributed by atoms with Gasteiger partial charge < -0.3 is 14.6 Å². The zero-order valence-electron chi connectivity index (χ0n) is 18.5. The molecular formula is C24H38O5. The monoisotopic (exact) mass is 406 g/mol. The van der Waals surface area contributed by atoms with Crippen LogP contribution in [0.3, 0.4) is 0 Å². The Kier molecular flexibility index (Phi) is 7.08. The molecule has 1 heterocycles. The first kappa shape index (κ1) is 22.3. The Morgan fingerprint density at radius 3 is 2.79 bits per heavy atom. The molecule has 1 saturated heterocycles. The number of cyclic esters (lactones) is 1. The van der Waals surface area contributed by atoms with E-state index in [2.05, 4.69) is 19.9 Å². The molecule has 7 atom stereocenters. The minimum absolute atomic E-state index is 0.0911. The Hall–Kier alpha value is -1.36. The van der Waals surface area contributed by atoms with Gasteiger partial charge in [-0.15, -0.1) is 0 Å². The Morgan fingerprint density at radius 1 is 1.34 bits per heavy atom. The van der Waals surface area contributed by atoms with E-state index in [0.29, 0.717) is 24.7 Å². The average Bonchev–Trinajstić information content (AvgIpc) is 2.66. The number of hydrogen-bond acceptors (Lipinski definition) is 5. The van der Waals surface area contributed by atoms with Crippen molar-refractivity contribution in [2.75, 3.05) is 0 Å². The molecule has 0 aromatic heterocycles. The summed E-state index contributed by atoms with van der Waals surface area (Å²) in [7, 11) is 0. The fourth-order valence-electron chi connectivity index (χ4n) is 5.49. The van der Waals surface area contributed by atoms with Gasteiger partial charge in [-0.2, -0.15) is 0 Å². The van der Waals surface area contributed by atoms with Crippen molar-refractivity contribution >= 4 is 11.9 Å². The number of aliphatic hydroxyl groups is 1. The second kappa shape index (κ2) is 9.20. The number of carbonyl (C=O) groups is 2. The van der Waals surface area contributed by atoms with Gasteiger partial charge >= 0.3 is 11.9 Å². The maximum Gasteiger partial charge on any atom is 0.309 e. The summed E-state index contributed by atoms with van der Waals surface area (Å²) in [6, 6.07) is 0. The molecule has 0 radical (unpaired) electrons. The standard InChI is InChI=1S/C24H38O5/c1-5-16(3)23(27)29-24-11-10-15(2)12-18(24)7-6-17(4)21(24)9-8-20-13-19(25)14-22(26)28-20/h12,15-17,19-21,25H,5-11,13-14H2,1-4H3/t15-,16?,17-,19-,20-,21?,24?/m0/s1. The van der Waals surface area contributed by atoms with E-state index in [0.717, 1.165) is 38.5 Å². The van der Waals surface area contributed by atoms with E-state index in [1.54, 1.807) is 0 Å². The second-order valence-corrected chi connectivity index (χ2v) is 9.73. The lowest BCUT2D eigenvalue weighted by Gasteiger charge is -2.51. The highest BCUT2D eigenvalue weighted by Gasteiger charge is 2.51. The molecule has 0 aromatic rings. The first-order valence-electron chi connectivity index (χ1n) is 11.6. The molecule has 0 spiro atoms. The fourth-order valence-corrected chi connectivity index (χ4v) is 5.49. The van der Waals surface area contributed by atoms with Crippen LogP contribution in [-0.4, -0.2) is 34.9 Å². The molecule has 0 bridgehead atoms. The van der Waals surface area contributed by atoms with Crippen molar-refractivity contribution < 1.29 is 24.2 Å². The molecule has 1 aliphatic heterocycles. The number of rotatable bonds is 6. The topological polar surface area (TPSA) is 72.8 Å². The highest BCUT2D eigenvalue weighted by atomic mass is 16.6. The third-order valence-corrected chi connectivity index (χ3v) is 7.49. The molecule has 2 aliphatic carbocycles. The van der Waals surface area contributed by atoms with E-state index in [9.17, 15) is 14.7 Å². The first-order chi connectivity index (χ1) is 13.7. The molecule has 3 rings (SSSR count). The summed E-state index contributed by atoms with van der Waals surface area (Å²) < 4.78 is 11.9. The predicted molar refractivity (Wildman–Crippen MR) is 111 cm³/mol. The van der Waals surface area contributed by atoms with Crippen molar-refractivity contribution in [3.63, 3.8) is 0 Å². The SMILES string of the molecule is CCC(C)C(=O)OC12CC[C@H](C)C=C1CC[C@H](C)C2CC[C@H]1C[C@H](O)CC(=O)O1. The average molecular weight is 407 g/mol. The van der Waals surface area contributed by atoms with Crippen LogP contribution in [0.15, 0.2) is 11.6 Å². The van der Waals surface area contributed by atoms with E-state index in [4.69, 9.17) is 9.47 Å². The van der Waals surface area contributed by atoms with E-state index < -0.39 is 11.7 Å². The smallest absolute Gasteiger partial charge is 0.309 e.